The molecule has 122 valence electrons. The Morgan fingerprint density at radius 2 is 2.00 bits per heavy atom. The first kappa shape index (κ1) is 16.0. The molecule has 1 atom stereocenters. The molecular weight excluding hydrogens is 327 g/mol. The molecule has 0 saturated carbocycles. The van der Waals surface area contributed by atoms with Gasteiger partial charge in [0, 0.05) is 23.4 Å². The Morgan fingerprint density at radius 3 is 2.70 bits per heavy atom. The molecule has 1 aliphatic heterocycles. The Labute approximate surface area is 135 Å². The molecule has 1 aliphatic rings. The zero-order valence-corrected chi connectivity index (χ0v) is 12.8. The average molecular weight is 341 g/mol. The maximum atomic E-state index is 12.5. The average Bonchev–Trinajstić information content (AvgIpc) is 3.01. The van der Waals surface area contributed by atoms with Gasteiger partial charge in [0.2, 0.25) is 0 Å². The van der Waals surface area contributed by atoms with Crippen molar-refractivity contribution in [1.29, 1.82) is 0 Å². The van der Waals surface area contributed by atoms with Crippen LogP contribution in [0.25, 0.3) is 0 Å². The van der Waals surface area contributed by atoms with Crippen molar-refractivity contribution in [3.8, 4) is 0 Å². The fourth-order valence-corrected chi connectivity index (χ4v) is 3.41. The molecule has 1 unspecified atom stereocenters. The van der Waals surface area contributed by atoms with Crippen molar-refractivity contribution < 1.29 is 22.7 Å². The van der Waals surface area contributed by atoms with Gasteiger partial charge in [0.1, 0.15) is 6.10 Å². The number of alkyl halides is 3. The van der Waals surface area contributed by atoms with Crippen LogP contribution >= 0.6 is 11.3 Å². The first-order valence-corrected chi connectivity index (χ1v) is 7.96. The van der Waals surface area contributed by atoms with Gasteiger partial charge >= 0.3 is 6.18 Å². The first-order valence-electron chi connectivity index (χ1n) is 7.08. The fourth-order valence-electron chi connectivity index (χ4n) is 2.49. The number of halogens is 3. The van der Waals surface area contributed by atoms with Crippen molar-refractivity contribution >= 4 is 17.2 Å². The van der Waals surface area contributed by atoms with E-state index < -0.39 is 17.6 Å². The number of nitrogens with one attached hydrogen (secondary N) is 1. The largest absolute Gasteiger partial charge is 0.416 e. The lowest BCUT2D eigenvalue weighted by atomic mass is 10.1. The van der Waals surface area contributed by atoms with Crippen LogP contribution in [0.5, 0.6) is 0 Å². The minimum atomic E-state index is -4.40. The van der Waals surface area contributed by atoms with E-state index in [-0.39, 0.29) is 11.7 Å². The van der Waals surface area contributed by atoms with Gasteiger partial charge in [0.05, 0.1) is 12.2 Å². The van der Waals surface area contributed by atoms with Crippen LogP contribution in [-0.4, -0.2) is 19.1 Å². The number of rotatable bonds is 3. The van der Waals surface area contributed by atoms with Crippen LogP contribution in [0, 0.1) is 0 Å². The number of thiophene rings is 1. The molecule has 2 heterocycles. The topological polar surface area (TPSA) is 38.3 Å². The van der Waals surface area contributed by atoms with Crippen molar-refractivity contribution in [2.45, 2.75) is 18.7 Å². The van der Waals surface area contributed by atoms with Gasteiger partial charge in [0.15, 0.2) is 0 Å². The van der Waals surface area contributed by atoms with E-state index in [2.05, 4.69) is 5.32 Å². The fraction of sp³-hybridized carbons (Fsp3) is 0.312. The molecular formula is C16H14F3NO2S. The van der Waals surface area contributed by atoms with E-state index in [1.807, 2.05) is 11.4 Å². The molecule has 0 radical (unpaired) electrons. The summed E-state index contributed by atoms with van der Waals surface area (Å²) in [5.74, 6) is -0.412. The number of hydrogen-bond donors (Lipinski definition) is 1. The summed E-state index contributed by atoms with van der Waals surface area (Å²) in [6, 6.07) is 6.14. The van der Waals surface area contributed by atoms with Gasteiger partial charge in [-0.2, -0.15) is 13.2 Å². The normalized spacial score (nSPS) is 17.6. The Hall–Kier alpha value is -1.86. The van der Waals surface area contributed by atoms with Crippen molar-refractivity contribution in [3.05, 3.63) is 57.3 Å². The molecule has 0 saturated heterocycles. The second-order valence-corrected chi connectivity index (χ2v) is 6.19. The van der Waals surface area contributed by atoms with Crippen LogP contribution in [0.15, 0.2) is 35.7 Å². The van der Waals surface area contributed by atoms with E-state index >= 15 is 0 Å². The summed E-state index contributed by atoms with van der Waals surface area (Å²) in [6.45, 7) is 0.901. The van der Waals surface area contributed by atoms with Crippen molar-refractivity contribution in [2.24, 2.45) is 0 Å². The minimum Gasteiger partial charge on any atom is -0.371 e. The highest BCUT2D eigenvalue weighted by atomic mass is 32.1. The molecule has 0 bridgehead atoms. The Morgan fingerprint density at radius 1 is 1.26 bits per heavy atom. The lowest BCUT2D eigenvalue weighted by molar-refractivity contribution is -0.137. The number of hydrogen-bond acceptors (Lipinski definition) is 3. The summed E-state index contributed by atoms with van der Waals surface area (Å²) >= 11 is 1.66. The van der Waals surface area contributed by atoms with E-state index in [9.17, 15) is 18.0 Å². The van der Waals surface area contributed by atoms with Crippen LogP contribution < -0.4 is 5.32 Å². The highest BCUT2D eigenvalue weighted by Crippen LogP contribution is 2.31. The summed E-state index contributed by atoms with van der Waals surface area (Å²) in [5.41, 5.74) is 0.501. The Kier molecular flexibility index (Phi) is 4.41. The molecule has 3 rings (SSSR count). The van der Waals surface area contributed by atoms with E-state index in [0.29, 0.717) is 13.2 Å². The SMILES string of the molecule is O=C(NCC1OCCc2sccc21)c1ccc(C(F)(F)F)cc1. The van der Waals surface area contributed by atoms with E-state index in [4.69, 9.17) is 4.74 Å². The summed E-state index contributed by atoms with van der Waals surface area (Å²) in [6.07, 6.45) is -3.74. The van der Waals surface area contributed by atoms with E-state index in [1.54, 1.807) is 11.3 Å². The lowest BCUT2D eigenvalue weighted by Crippen LogP contribution is -2.31. The second kappa shape index (κ2) is 6.33. The third kappa shape index (κ3) is 3.56. The molecule has 1 aromatic carbocycles. The summed E-state index contributed by atoms with van der Waals surface area (Å²) < 4.78 is 43.2. The van der Waals surface area contributed by atoms with Crippen LogP contribution in [0.2, 0.25) is 0 Å². The van der Waals surface area contributed by atoms with E-state index in [0.717, 1.165) is 24.1 Å². The maximum absolute atomic E-state index is 12.5. The first-order chi connectivity index (χ1) is 10.9. The smallest absolute Gasteiger partial charge is 0.371 e. The molecule has 1 amide bonds. The Balaban J connectivity index is 1.62. The van der Waals surface area contributed by atoms with Crippen molar-refractivity contribution in [3.63, 3.8) is 0 Å². The summed E-state index contributed by atoms with van der Waals surface area (Å²) in [4.78, 5) is 13.3. The molecule has 0 spiro atoms. The molecule has 7 heteroatoms. The number of fused-ring (bicyclic) bond motifs is 1. The second-order valence-electron chi connectivity index (χ2n) is 5.19. The number of carbonyl (C=O) groups excluding carboxylic acids is 1. The molecule has 0 aliphatic carbocycles. The van der Waals surface area contributed by atoms with Gasteiger partial charge < -0.3 is 10.1 Å². The number of ether oxygens (including phenoxy) is 1. The number of carbonyl (C=O) groups is 1. The number of amides is 1. The van der Waals surface area contributed by atoms with Crippen LogP contribution in [-0.2, 0) is 17.3 Å². The number of benzene rings is 1. The van der Waals surface area contributed by atoms with Crippen LogP contribution in [0.1, 0.15) is 32.5 Å². The minimum absolute atomic E-state index is 0.194. The molecule has 2 aromatic rings. The maximum Gasteiger partial charge on any atom is 0.416 e. The predicted molar refractivity (Wildman–Crippen MR) is 80.5 cm³/mol. The quantitative estimate of drug-likeness (QED) is 0.922. The Bertz CT molecular complexity index is 694. The zero-order chi connectivity index (χ0) is 16.4. The van der Waals surface area contributed by atoms with Crippen molar-refractivity contribution in [2.75, 3.05) is 13.2 Å². The third-order valence-corrected chi connectivity index (χ3v) is 4.69. The van der Waals surface area contributed by atoms with Crippen molar-refractivity contribution in [1.82, 2.24) is 5.32 Å². The van der Waals surface area contributed by atoms with Crippen LogP contribution in [0.3, 0.4) is 0 Å². The third-order valence-electron chi connectivity index (χ3n) is 3.70. The highest BCUT2D eigenvalue weighted by Gasteiger charge is 2.30. The zero-order valence-electron chi connectivity index (χ0n) is 12.0. The van der Waals surface area contributed by atoms with Gasteiger partial charge in [-0.3, -0.25) is 4.79 Å². The predicted octanol–water partition coefficient (Wildman–Crippen LogP) is 3.81. The molecule has 23 heavy (non-hydrogen) atoms. The standard InChI is InChI=1S/C16H14F3NO2S/c17-16(18,19)11-3-1-10(2-4-11)15(21)20-9-13-12-6-8-23-14(12)5-7-22-13/h1-4,6,8,13H,5,7,9H2,(H,20,21). The monoisotopic (exact) mass is 341 g/mol. The van der Waals surface area contributed by atoms with Gasteiger partial charge in [-0.25, -0.2) is 0 Å². The lowest BCUT2D eigenvalue weighted by Gasteiger charge is -2.23. The molecule has 1 N–H and O–H groups in total. The summed E-state index contributed by atoms with van der Waals surface area (Å²) in [5, 5.41) is 4.71. The molecule has 3 nitrogen and oxygen atoms in total. The van der Waals surface area contributed by atoms with Crippen LogP contribution in [0.4, 0.5) is 13.2 Å². The van der Waals surface area contributed by atoms with Gasteiger partial charge in [-0.05, 0) is 41.3 Å². The summed E-state index contributed by atoms with van der Waals surface area (Å²) in [7, 11) is 0. The van der Waals surface area contributed by atoms with Gasteiger partial charge in [-0.15, -0.1) is 11.3 Å². The van der Waals surface area contributed by atoms with Gasteiger partial charge in [0.25, 0.3) is 5.91 Å². The van der Waals surface area contributed by atoms with E-state index in [1.165, 1.54) is 17.0 Å². The highest BCUT2D eigenvalue weighted by molar-refractivity contribution is 7.10. The molecule has 0 fully saturated rings. The molecule has 1 aromatic heterocycles. The van der Waals surface area contributed by atoms with Gasteiger partial charge in [-0.1, -0.05) is 0 Å².